The topological polar surface area (TPSA) is 38.4 Å². The van der Waals surface area contributed by atoms with E-state index in [1.165, 1.54) is 5.56 Å². The molecule has 0 amide bonds. The molecule has 2 aromatic heterocycles. The molecule has 0 fully saturated rings. The van der Waals surface area contributed by atoms with E-state index in [0.29, 0.717) is 0 Å². The zero-order valence-electron chi connectivity index (χ0n) is 12.5. The van der Waals surface area contributed by atoms with Gasteiger partial charge in [-0.1, -0.05) is 41.7 Å². The Bertz CT molecular complexity index is 866. The van der Waals surface area contributed by atoms with Crippen LogP contribution in [-0.4, -0.2) is 9.36 Å². The molecule has 0 saturated carbocycles. The lowest BCUT2D eigenvalue weighted by Gasteiger charge is -2.13. The van der Waals surface area contributed by atoms with Gasteiger partial charge in [0.2, 0.25) is 0 Å². The molecule has 116 valence electrons. The number of hydrogen-bond donors (Lipinski definition) is 0. The maximum atomic E-state index is 5.63. The van der Waals surface area contributed by atoms with Crippen molar-refractivity contribution in [1.82, 2.24) is 4.98 Å². The summed E-state index contributed by atoms with van der Waals surface area (Å²) in [6.07, 6.45) is 0. The molecule has 4 rings (SSSR count). The third kappa shape index (κ3) is 3.39. The van der Waals surface area contributed by atoms with Gasteiger partial charge in [-0.15, -0.1) is 11.3 Å². The third-order valence-corrected chi connectivity index (χ3v) is 6.59. The van der Waals surface area contributed by atoms with Crippen molar-refractivity contribution in [2.24, 2.45) is 4.99 Å². The fraction of sp³-hybridized carbons (Fsp3) is 0.176. The molecule has 0 N–H and O–H groups in total. The minimum Gasteiger partial charge on any atom is -0.459 e. The fourth-order valence-electron chi connectivity index (χ4n) is 2.26. The monoisotopic (exact) mass is 358 g/mol. The number of thioether (sulfide) groups is 2. The summed E-state index contributed by atoms with van der Waals surface area (Å²) in [5, 5.41) is 3.04. The van der Waals surface area contributed by atoms with Gasteiger partial charge in [0.15, 0.2) is 10.8 Å². The molecule has 0 aliphatic carbocycles. The van der Waals surface area contributed by atoms with E-state index in [4.69, 9.17) is 9.41 Å². The number of nitrogens with zero attached hydrogens (tertiary/aromatic N) is 2. The van der Waals surface area contributed by atoms with E-state index < -0.39 is 0 Å². The van der Waals surface area contributed by atoms with Gasteiger partial charge in [-0.05, 0) is 30.7 Å². The van der Waals surface area contributed by atoms with E-state index in [-0.39, 0.29) is 0 Å². The molecule has 3 nitrogen and oxygen atoms in total. The summed E-state index contributed by atoms with van der Waals surface area (Å²) < 4.78 is 6.75. The molecule has 3 aromatic rings. The lowest BCUT2D eigenvalue weighted by atomic mass is 10.2. The minimum absolute atomic E-state index is 0.837. The standard InChI is InChI=1S/C17H14N2OS3/c1-11-6-7-15(20-11)16-18-13(9-21-16)10-23-17-19-14-5-3-2-4-12(14)8-22-17/h2-7,9H,8,10H2,1H3. The molecule has 0 bridgehead atoms. The van der Waals surface area contributed by atoms with Crippen LogP contribution >= 0.6 is 34.9 Å². The summed E-state index contributed by atoms with van der Waals surface area (Å²) in [6.45, 7) is 1.95. The van der Waals surface area contributed by atoms with Crippen LogP contribution in [0.3, 0.4) is 0 Å². The summed E-state index contributed by atoms with van der Waals surface area (Å²) in [5.74, 6) is 3.60. The number of aromatic nitrogens is 1. The average Bonchev–Trinajstić information content (AvgIpc) is 3.21. The van der Waals surface area contributed by atoms with Gasteiger partial charge in [-0.2, -0.15) is 0 Å². The van der Waals surface area contributed by atoms with E-state index in [1.807, 2.05) is 25.1 Å². The lowest BCUT2D eigenvalue weighted by Crippen LogP contribution is -1.96. The fourth-order valence-corrected chi connectivity index (χ4v) is 5.10. The van der Waals surface area contributed by atoms with Crippen molar-refractivity contribution in [2.45, 2.75) is 18.4 Å². The quantitative estimate of drug-likeness (QED) is 0.586. The van der Waals surface area contributed by atoms with Crippen molar-refractivity contribution >= 4 is 44.9 Å². The Balaban J connectivity index is 1.44. The van der Waals surface area contributed by atoms with Gasteiger partial charge >= 0.3 is 0 Å². The van der Waals surface area contributed by atoms with Crippen molar-refractivity contribution in [2.75, 3.05) is 0 Å². The van der Waals surface area contributed by atoms with E-state index in [9.17, 15) is 0 Å². The second-order valence-electron chi connectivity index (χ2n) is 5.14. The van der Waals surface area contributed by atoms with E-state index in [2.05, 4.69) is 28.6 Å². The van der Waals surface area contributed by atoms with E-state index in [1.54, 1.807) is 34.9 Å². The predicted molar refractivity (Wildman–Crippen MR) is 101 cm³/mol. The van der Waals surface area contributed by atoms with Crippen LogP contribution in [0, 0.1) is 6.92 Å². The highest BCUT2D eigenvalue weighted by atomic mass is 32.2. The second-order valence-corrected chi connectivity index (χ2v) is 8.18. The van der Waals surface area contributed by atoms with Crippen LogP contribution in [0.15, 0.2) is 51.2 Å². The molecule has 1 aliphatic heterocycles. The highest BCUT2D eigenvalue weighted by Gasteiger charge is 2.14. The first kappa shape index (κ1) is 15.1. The highest BCUT2D eigenvalue weighted by molar-refractivity contribution is 8.38. The number of rotatable bonds is 3. The number of para-hydroxylation sites is 1. The number of fused-ring (bicyclic) bond motifs is 1. The van der Waals surface area contributed by atoms with Crippen LogP contribution in [0.2, 0.25) is 0 Å². The Labute approximate surface area is 147 Å². The summed E-state index contributed by atoms with van der Waals surface area (Å²) in [7, 11) is 0. The van der Waals surface area contributed by atoms with Crippen LogP contribution in [0.4, 0.5) is 5.69 Å². The summed E-state index contributed by atoms with van der Waals surface area (Å²) >= 11 is 5.18. The predicted octanol–water partition coefficient (Wildman–Crippen LogP) is 5.88. The van der Waals surface area contributed by atoms with Crippen LogP contribution < -0.4 is 0 Å². The summed E-state index contributed by atoms with van der Waals surface area (Å²) in [5.41, 5.74) is 3.48. The van der Waals surface area contributed by atoms with Gasteiger partial charge in [0.25, 0.3) is 0 Å². The smallest absolute Gasteiger partial charge is 0.162 e. The van der Waals surface area contributed by atoms with Crippen LogP contribution in [0.25, 0.3) is 10.8 Å². The first-order valence-electron chi connectivity index (χ1n) is 7.21. The van der Waals surface area contributed by atoms with Crippen molar-refractivity contribution in [3.05, 3.63) is 58.8 Å². The molecule has 1 aliphatic rings. The van der Waals surface area contributed by atoms with Gasteiger partial charge < -0.3 is 4.42 Å². The Morgan fingerprint density at radius 2 is 2.13 bits per heavy atom. The van der Waals surface area contributed by atoms with Gasteiger partial charge in [-0.3, -0.25) is 0 Å². The molecule has 0 unspecified atom stereocenters. The van der Waals surface area contributed by atoms with Gasteiger partial charge in [0.1, 0.15) is 10.1 Å². The Kier molecular flexibility index (Phi) is 4.29. The van der Waals surface area contributed by atoms with Crippen molar-refractivity contribution in [3.63, 3.8) is 0 Å². The highest BCUT2D eigenvalue weighted by Crippen LogP contribution is 2.36. The Morgan fingerprint density at radius 1 is 1.22 bits per heavy atom. The molecule has 3 heterocycles. The van der Waals surface area contributed by atoms with E-state index in [0.717, 1.165) is 43.8 Å². The number of aliphatic imine (C=N–C) groups is 1. The largest absolute Gasteiger partial charge is 0.459 e. The maximum absolute atomic E-state index is 5.63. The molecule has 0 saturated heterocycles. The molecular formula is C17H14N2OS3. The molecule has 1 aromatic carbocycles. The molecule has 23 heavy (non-hydrogen) atoms. The summed E-state index contributed by atoms with van der Waals surface area (Å²) in [6, 6.07) is 12.3. The average molecular weight is 359 g/mol. The molecular weight excluding hydrogens is 344 g/mol. The van der Waals surface area contributed by atoms with Gasteiger partial charge in [0.05, 0.1) is 11.4 Å². The molecule has 0 radical (unpaired) electrons. The Morgan fingerprint density at radius 3 is 3.00 bits per heavy atom. The maximum Gasteiger partial charge on any atom is 0.162 e. The zero-order chi connectivity index (χ0) is 15.6. The van der Waals surface area contributed by atoms with Crippen LogP contribution in [0.1, 0.15) is 17.0 Å². The number of aryl methyl sites for hydroxylation is 1. The number of benzene rings is 1. The first-order chi connectivity index (χ1) is 11.3. The number of thiazole rings is 1. The van der Waals surface area contributed by atoms with E-state index >= 15 is 0 Å². The molecule has 0 spiro atoms. The number of hydrogen-bond acceptors (Lipinski definition) is 6. The van der Waals surface area contributed by atoms with Crippen molar-refractivity contribution in [3.8, 4) is 10.8 Å². The second kappa shape index (κ2) is 6.55. The number of furan rings is 1. The van der Waals surface area contributed by atoms with Crippen molar-refractivity contribution < 1.29 is 4.42 Å². The summed E-state index contributed by atoms with van der Waals surface area (Å²) in [4.78, 5) is 9.39. The van der Waals surface area contributed by atoms with Crippen molar-refractivity contribution in [1.29, 1.82) is 0 Å². The molecule has 6 heteroatoms. The SMILES string of the molecule is Cc1ccc(-c2nc(CSC3=Nc4ccccc4CS3)cs2)o1. The van der Waals surface area contributed by atoms with Gasteiger partial charge in [-0.25, -0.2) is 9.98 Å². The lowest BCUT2D eigenvalue weighted by molar-refractivity contribution is 0.548. The zero-order valence-corrected chi connectivity index (χ0v) is 14.9. The first-order valence-corrected chi connectivity index (χ1v) is 10.1. The van der Waals surface area contributed by atoms with Gasteiger partial charge in [0, 0.05) is 16.9 Å². The van der Waals surface area contributed by atoms with Crippen LogP contribution in [0.5, 0.6) is 0 Å². The van der Waals surface area contributed by atoms with Crippen LogP contribution in [-0.2, 0) is 11.5 Å². The normalized spacial score (nSPS) is 13.7. The Hall–Kier alpha value is -1.50. The third-order valence-electron chi connectivity index (χ3n) is 3.40. The minimum atomic E-state index is 0.837. The molecule has 0 atom stereocenters.